The minimum atomic E-state index is -3.22. The summed E-state index contributed by atoms with van der Waals surface area (Å²) in [5.74, 6) is -2.04. The van der Waals surface area contributed by atoms with Gasteiger partial charge in [0.15, 0.2) is 0 Å². The molecule has 1 heterocycles. The number of hydrogen-bond donors (Lipinski definition) is 2. The van der Waals surface area contributed by atoms with E-state index in [4.69, 9.17) is 0 Å². The molecule has 3 aromatic rings. The maximum Gasteiger partial charge on any atom is 0.387 e. The molecule has 0 aliphatic rings. The first-order valence-electron chi connectivity index (χ1n) is 9.69. The lowest BCUT2D eigenvalue weighted by atomic mass is 10.1. The average Bonchev–Trinajstić information content (AvgIpc) is 3.32. The highest BCUT2D eigenvalue weighted by Gasteiger charge is 2.13. The van der Waals surface area contributed by atoms with Crippen molar-refractivity contribution in [2.45, 2.75) is 13.2 Å². The van der Waals surface area contributed by atoms with Gasteiger partial charge in [0, 0.05) is 35.8 Å². The van der Waals surface area contributed by atoms with Gasteiger partial charge in [0.2, 0.25) is 11.8 Å². The number of rotatable bonds is 10. The van der Waals surface area contributed by atoms with Crippen LogP contribution < -0.4 is 20.1 Å². The first-order valence-corrected chi connectivity index (χ1v) is 9.69. The van der Waals surface area contributed by atoms with Gasteiger partial charge in [-0.1, -0.05) is 0 Å². The maximum absolute atomic E-state index is 12.6. The normalized spacial score (nSPS) is 11.1. The van der Waals surface area contributed by atoms with E-state index in [1.165, 1.54) is 6.07 Å². The van der Waals surface area contributed by atoms with E-state index in [1.54, 1.807) is 47.4 Å². The molecule has 2 N–H and O–H groups in total. The van der Waals surface area contributed by atoms with Crippen molar-refractivity contribution in [2.24, 2.45) is 0 Å². The molecule has 0 saturated carbocycles. The lowest BCUT2D eigenvalue weighted by molar-refractivity contribution is -0.121. The minimum absolute atomic E-state index is 0.0128. The smallest absolute Gasteiger partial charge is 0.387 e. The summed E-state index contributed by atoms with van der Waals surface area (Å²) in [5, 5.41) is 9.04. The Hall–Kier alpha value is -4.35. The van der Waals surface area contributed by atoms with Crippen molar-refractivity contribution < 1.29 is 36.6 Å². The number of aromatic nitrogens is 2. The number of alkyl halides is 4. The van der Waals surface area contributed by atoms with Crippen LogP contribution in [0.2, 0.25) is 0 Å². The number of nitrogens with one attached hydrogen (secondary N) is 2. The second kappa shape index (κ2) is 11.5. The van der Waals surface area contributed by atoms with E-state index in [0.717, 1.165) is 30.0 Å². The third kappa shape index (κ3) is 7.36. The molecule has 2 amide bonds. The highest BCUT2D eigenvalue weighted by molar-refractivity contribution is 5.98. The van der Waals surface area contributed by atoms with Gasteiger partial charge >= 0.3 is 13.2 Å². The summed E-state index contributed by atoms with van der Waals surface area (Å²) >= 11 is 0. The third-order valence-electron chi connectivity index (χ3n) is 4.18. The van der Waals surface area contributed by atoms with Crippen LogP contribution in [-0.4, -0.2) is 41.4 Å². The number of benzene rings is 2. The van der Waals surface area contributed by atoms with E-state index in [-0.39, 0.29) is 17.9 Å². The molecule has 1 aromatic heterocycles. The SMILES string of the molecule is O=C(/C=C/c1ccc(OC(F)F)cc1OC(F)F)NCC(=O)Nc1ccc(-n2cccn2)cc1. The van der Waals surface area contributed by atoms with Gasteiger partial charge < -0.3 is 20.1 Å². The van der Waals surface area contributed by atoms with Crippen molar-refractivity contribution in [1.82, 2.24) is 15.1 Å². The van der Waals surface area contributed by atoms with E-state index >= 15 is 0 Å². The molecule has 0 radical (unpaired) electrons. The van der Waals surface area contributed by atoms with Crippen LogP contribution in [0.3, 0.4) is 0 Å². The Morgan fingerprint density at radius 3 is 2.41 bits per heavy atom. The van der Waals surface area contributed by atoms with Crippen LogP contribution >= 0.6 is 0 Å². The molecule has 34 heavy (non-hydrogen) atoms. The molecule has 0 aliphatic heterocycles. The molecule has 0 atom stereocenters. The van der Waals surface area contributed by atoms with Crippen LogP contribution in [0.15, 0.2) is 67.0 Å². The molecule has 8 nitrogen and oxygen atoms in total. The largest absolute Gasteiger partial charge is 0.435 e. The summed E-state index contributed by atoms with van der Waals surface area (Å²) in [5.41, 5.74) is 1.31. The van der Waals surface area contributed by atoms with E-state index in [1.807, 2.05) is 0 Å². The number of carbonyl (C=O) groups excluding carboxylic acids is 2. The topological polar surface area (TPSA) is 94.5 Å². The fourth-order valence-corrected chi connectivity index (χ4v) is 2.74. The van der Waals surface area contributed by atoms with Crippen molar-refractivity contribution in [1.29, 1.82) is 0 Å². The van der Waals surface area contributed by atoms with Gasteiger partial charge in [-0.2, -0.15) is 22.7 Å². The Morgan fingerprint density at radius 1 is 1.03 bits per heavy atom. The van der Waals surface area contributed by atoms with E-state index in [2.05, 4.69) is 25.2 Å². The summed E-state index contributed by atoms with van der Waals surface area (Å²) < 4.78 is 59.9. The molecule has 0 spiro atoms. The standard InChI is InChI=1S/C22H18F4N4O4/c23-21(24)33-17-8-2-14(18(12-17)34-22(25)26)3-9-19(31)27-13-20(32)29-15-4-6-16(7-5-15)30-11-1-10-28-30/h1-12,21-22H,13H2,(H,27,31)(H,29,32)/b9-3+. The van der Waals surface area contributed by atoms with Gasteiger partial charge in [-0.05, 0) is 48.5 Å². The Labute approximate surface area is 190 Å². The molecule has 0 fully saturated rings. The molecule has 0 aliphatic carbocycles. The fourth-order valence-electron chi connectivity index (χ4n) is 2.74. The number of nitrogens with zero attached hydrogens (tertiary/aromatic N) is 2. The molecule has 12 heteroatoms. The van der Waals surface area contributed by atoms with Crippen molar-refractivity contribution in [3.63, 3.8) is 0 Å². The Morgan fingerprint density at radius 2 is 1.76 bits per heavy atom. The summed E-state index contributed by atoms with van der Waals surface area (Å²) in [6.07, 6.45) is 5.51. The zero-order chi connectivity index (χ0) is 24.5. The van der Waals surface area contributed by atoms with Gasteiger partial charge in [0.25, 0.3) is 0 Å². The first kappa shape index (κ1) is 24.3. The Balaban J connectivity index is 1.53. The third-order valence-corrected chi connectivity index (χ3v) is 4.18. The predicted octanol–water partition coefficient (Wildman–Crippen LogP) is 3.84. The summed E-state index contributed by atoms with van der Waals surface area (Å²) in [7, 11) is 0. The Bertz CT molecular complexity index is 1140. The quantitative estimate of drug-likeness (QED) is 0.341. The molecule has 0 bridgehead atoms. The minimum Gasteiger partial charge on any atom is -0.435 e. The van der Waals surface area contributed by atoms with Crippen LogP contribution in [0.1, 0.15) is 5.56 Å². The molecule has 2 aromatic carbocycles. The van der Waals surface area contributed by atoms with E-state index in [9.17, 15) is 27.2 Å². The number of amides is 2. The van der Waals surface area contributed by atoms with Crippen molar-refractivity contribution >= 4 is 23.6 Å². The molecule has 3 rings (SSSR count). The average molecular weight is 478 g/mol. The molecule has 0 unspecified atom stereocenters. The predicted molar refractivity (Wildman–Crippen MR) is 114 cm³/mol. The van der Waals surface area contributed by atoms with Crippen molar-refractivity contribution in [2.75, 3.05) is 11.9 Å². The molecular weight excluding hydrogens is 460 g/mol. The van der Waals surface area contributed by atoms with Crippen LogP contribution in [0, 0.1) is 0 Å². The number of halogens is 4. The number of hydrogen-bond acceptors (Lipinski definition) is 5. The van der Waals surface area contributed by atoms with Crippen LogP contribution in [0.5, 0.6) is 11.5 Å². The van der Waals surface area contributed by atoms with Gasteiger partial charge in [0.1, 0.15) is 11.5 Å². The number of ether oxygens (including phenoxy) is 2. The van der Waals surface area contributed by atoms with Gasteiger partial charge in [0.05, 0.1) is 12.2 Å². The van der Waals surface area contributed by atoms with E-state index in [0.29, 0.717) is 5.69 Å². The van der Waals surface area contributed by atoms with Crippen LogP contribution in [0.25, 0.3) is 11.8 Å². The van der Waals surface area contributed by atoms with Gasteiger partial charge in [-0.15, -0.1) is 0 Å². The monoisotopic (exact) mass is 478 g/mol. The molecule has 0 saturated heterocycles. The van der Waals surface area contributed by atoms with Crippen LogP contribution in [0.4, 0.5) is 23.2 Å². The summed E-state index contributed by atoms with van der Waals surface area (Å²) in [4.78, 5) is 24.1. The summed E-state index contributed by atoms with van der Waals surface area (Å²) in [6.45, 7) is -6.72. The first-order chi connectivity index (χ1) is 16.3. The highest BCUT2D eigenvalue weighted by Crippen LogP contribution is 2.28. The zero-order valence-electron chi connectivity index (χ0n) is 17.3. The molecule has 178 valence electrons. The lowest BCUT2D eigenvalue weighted by Gasteiger charge is -2.11. The fraction of sp³-hybridized carbons (Fsp3) is 0.136. The van der Waals surface area contributed by atoms with Gasteiger partial charge in [-0.3, -0.25) is 9.59 Å². The Kier molecular flexibility index (Phi) is 8.21. The lowest BCUT2D eigenvalue weighted by Crippen LogP contribution is -2.31. The van der Waals surface area contributed by atoms with Crippen molar-refractivity contribution in [3.05, 3.63) is 72.6 Å². The second-order valence-electron chi connectivity index (χ2n) is 6.55. The maximum atomic E-state index is 12.6. The van der Waals surface area contributed by atoms with Crippen LogP contribution in [-0.2, 0) is 9.59 Å². The summed E-state index contributed by atoms with van der Waals surface area (Å²) in [6, 6.07) is 11.7. The second-order valence-corrected chi connectivity index (χ2v) is 6.55. The zero-order valence-corrected chi connectivity index (χ0v) is 17.3. The molecular formula is C22H18F4N4O4. The van der Waals surface area contributed by atoms with Crippen molar-refractivity contribution in [3.8, 4) is 17.2 Å². The number of anilines is 1. The highest BCUT2D eigenvalue weighted by atomic mass is 19.3. The van der Waals surface area contributed by atoms with E-state index < -0.39 is 30.8 Å². The van der Waals surface area contributed by atoms with Gasteiger partial charge in [-0.25, -0.2) is 4.68 Å². The number of carbonyl (C=O) groups is 2.